The first kappa shape index (κ1) is 35.1. The number of carbonyl (C=O) groups excluding carboxylic acids is 3. The minimum Gasteiger partial charge on any atom is -0.444 e. The van der Waals surface area contributed by atoms with Crippen LogP contribution in [0.3, 0.4) is 0 Å². The number of rotatable bonds is 14. The van der Waals surface area contributed by atoms with E-state index in [4.69, 9.17) is 19.7 Å². The van der Waals surface area contributed by atoms with Crippen molar-refractivity contribution < 1.29 is 55.3 Å². The van der Waals surface area contributed by atoms with Crippen molar-refractivity contribution in [3.05, 3.63) is 51.7 Å². The Morgan fingerprint density at radius 2 is 1.61 bits per heavy atom. The van der Waals surface area contributed by atoms with Crippen molar-refractivity contribution in [3.63, 3.8) is 0 Å². The third-order valence-corrected chi connectivity index (χ3v) is 4.81. The number of benzene rings is 1. The summed E-state index contributed by atoms with van der Waals surface area (Å²) in [6, 6.07) is -2.25. The van der Waals surface area contributed by atoms with Crippen LogP contribution >= 0.6 is 0 Å². The SMILES string of the molecule is COCO[C@H](CCN=[N+]=[N-])C[C@H](NC(=O)OC(C)(C)C)C(=O)N[C@@H](C)/C=C/C(=O)Oc1c(F)c(F)c(F)c(F)c1F. The summed E-state index contributed by atoms with van der Waals surface area (Å²) in [5.74, 6) is -15.8. The van der Waals surface area contributed by atoms with Gasteiger partial charge in [-0.15, -0.1) is 0 Å². The van der Waals surface area contributed by atoms with Gasteiger partial charge in [-0.1, -0.05) is 11.2 Å². The molecule has 0 heterocycles. The highest BCUT2D eigenvalue weighted by molar-refractivity contribution is 5.87. The van der Waals surface area contributed by atoms with Crippen molar-refractivity contribution >= 4 is 18.0 Å². The van der Waals surface area contributed by atoms with Crippen molar-refractivity contribution in [1.82, 2.24) is 10.6 Å². The van der Waals surface area contributed by atoms with E-state index < -0.39 is 76.6 Å². The normalized spacial score (nSPS) is 13.6. The topological polar surface area (TPSA) is 161 Å². The molecule has 17 heteroatoms. The molecule has 0 bridgehead atoms. The van der Waals surface area contributed by atoms with Crippen LogP contribution in [-0.4, -0.2) is 62.2 Å². The number of alkyl carbamates (subject to hydrolysis) is 1. The fourth-order valence-electron chi connectivity index (χ4n) is 3.03. The Labute approximate surface area is 231 Å². The van der Waals surface area contributed by atoms with Crippen LogP contribution in [0.4, 0.5) is 26.7 Å². The van der Waals surface area contributed by atoms with Crippen LogP contribution in [-0.2, 0) is 23.8 Å². The average Bonchev–Trinajstić information content (AvgIpc) is 2.89. The number of halogens is 5. The summed E-state index contributed by atoms with van der Waals surface area (Å²) < 4.78 is 87.1. The third-order valence-electron chi connectivity index (χ3n) is 4.81. The van der Waals surface area contributed by atoms with Gasteiger partial charge >= 0.3 is 12.1 Å². The van der Waals surface area contributed by atoms with E-state index in [1.165, 1.54) is 14.0 Å². The summed E-state index contributed by atoms with van der Waals surface area (Å²) in [5.41, 5.74) is 7.62. The van der Waals surface area contributed by atoms with E-state index in [1.54, 1.807) is 20.8 Å². The molecule has 0 spiro atoms. The van der Waals surface area contributed by atoms with Gasteiger partial charge in [0.05, 0.1) is 6.10 Å². The summed E-state index contributed by atoms with van der Waals surface area (Å²) in [6.45, 7) is 6.01. The van der Waals surface area contributed by atoms with Gasteiger partial charge in [0.2, 0.25) is 40.7 Å². The molecule has 0 fully saturated rings. The van der Waals surface area contributed by atoms with Gasteiger partial charge in [-0.3, -0.25) is 4.79 Å². The lowest BCUT2D eigenvalue weighted by atomic mass is 10.1. The highest BCUT2D eigenvalue weighted by Crippen LogP contribution is 2.29. The maximum atomic E-state index is 13.7. The first-order chi connectivity index (χ1) is 19.1. The number of ether oxygens (including phenoxy) is 4. The molecule has 2 N–H and O–H groups in total. The maximum absolute atomic E-state index is 13.7. The van der Waals surface area contributed by atoms with Gasteiger partial charge in [0.25, 0.3) is 0 Å². The molecule has 0 saturated carbocycles. The van der Waals surface area contributed by atoms with E-state index in [0.717, 1.165) is 6.08 Å². The van der Waals surface area contributed by atoms with Gasteiger partial charge in [-0.2, -0.15) is 8.78 Å². The Hall–Kier alpha value is -3.95. The van der Waals surface area contributed by atoms with E-state index in [1.807, 2.05) is 0 Å². The number of carbonyl (C=O) groups is 3. The second kappa shape index (κ2) is 16.3. The molecule has 1 aromatic carbocycles. The predicted molar refractivity (Wildman–Crippen MR) is 132 cm³/mol. The zero-order valence-electron chi connectivity index (χ0n) is 22.8. The average molecular weight is 596 g/mol. The zero-order valence-corrected chi connectivity index (χ0v) is 22.8. The molecule has 0 aliphatic rings. The molecule has 228 valence electrons. The molecule has 1 aromatic rings. The molecule has 41 heavy (non-hydrogen) atoms. The largest absolute Gasteiger partial charge is 0.444 e. The van der Waals surface area contributed by atoms with Crippen molar-refractivity contribution in [1.29, 1.82) is 0 Å². The number of hydrogen-bond acceptors (Lipinski definition) is 8. The highest BCUT2D eigenvalue weighted by atomic mass is 19.2. The van der Waals surface area contributed by atoms with Crippen molar-refractivity contribution in [2.24, 2.45) is 5.11 Å². The lowest BCUT2D eigenvalue weighted by molar-refractivity contribution is -0.129. The number of nitrogens with one attached hydrogen (secondary N) is 2. The van der Waals surface area contributed by atoms with E-state index in [2.05, 4.69) is 25.4 Å². The molecule has 3 atom stereocenters. The second-order valence-corrected chi connectivity index (χ2v) is 9.35. The van der Waals surface area contributed by atoms with Crippen LogP contribution in [0.5, 0.6) is 5.75 Å². The number of methoxy groups -OCH3 is 1. The molecule has 12 nitrogen and oxygen atoms in total. The summed E-state index contributed by atoms with van der Waals surface area (Å²) in [6.07, 6.45) is -0.0533. The molecule has 0 aliphatic carbocycles. The van der Waals surface area contributed by atoms with Crippen LogP contribution < -0.4 is 15.4 Å². The molecular weight excluding hydrogens is 565 g/mol. The van der Waals surface area contributed by atoms with Gasteiger partial charge in [-0.25, -0.2) is 22.8 Å². The number of esters is 1. The zero-order chi connectivity index (χ0) is 31.3. The van der Waals surface area contributed by atoms with E-state index in [9.17, 15) is 36.3 Å². The summed E-state index contributed by atoms with van der Waals surface area (Å²) >= 11 is 0. The Morgan fingerprint density at radius 1 is 1.02 bits per heavy atom. The van der Waals surface area contributed by atoms with Gasteiger partial charge in [-0.05, 0) is 39.6 Å². The highest BCUT2D eigenvalue weighted by Gasteiger charge is 2.29. The van der Waals surface area contributed by atoms with E-state index in [0.29, 0.717) is 6.08 Å². The summed E-state index contributed by atoms with van der Waals surface area (Å²) in [5, 5.41) is 8.27. The van der Waals surface area contributed by atoms with Crippen molar-refractivity contribution in [2.75, 3.05) is 20.4 Å². The molecule has 0 unspecified atom stereocenters. The molecule has 0 aromatic heterocycles. The smallest absolute Gasteiger partial charge is 0.408 e. The van der Waals surface area contributed by atoms with Crippen LogP contribution in [0, 0.1) is 29.1 Å². The Kier molecular flexibility index (Phi) is 14.0. The lowest BCUT2D eigenvalue weighted by Gasteiger charge is -2.26. The van der Waals surface area contributed by atoms with Crippen LogP contribution in [0.2, 0.25) is 0 Å². The minimum absolute atomic E-state index is 0.00987. The Morgan fingerprint density at radius 3 is 2.15 bits per heavy atom. The Bertz CT molecular complexity index is 1140. The number of azide groups is 1. The van der Waals surface area contributed by atoms with Crippen LogP contribution in [0.1, 0.15) is 40.5 Å². The summed E-state index contributed by atoms with van der Waals surface area (Å²) in [7, 11) is 1.36. The van der Waals surface area contributed by atoms with Crippen LogP contribution in [0.25, 0.3) is 10.4 Å². The fraction of sp³-hybridized carbons (Fsp3) is 0.542. The molecule has 1 rings (SSSR count). The first-order valence-electron chi connectivity index (χ1n) is 11.9. The first-order valence-corrected chi connectivity index (χ1v) is 11.9. The molecular formula is C24H30F5N5O7. The second-order valence-electron chi connectivity index (χ2n) is 9.35. The monoisotopic (exact) mass is 595 g/mol. The molecule has 0 aliphatic heterocycles. The minimum atomic E-state index is -2.42. The van der Waals surface area contributed by atoms with Crippen molar-refractivity contribution in [2.45, 2.75) is 64.3 Å². The third kappa shape index (κ3) is 12.0. The van der Waals surface area contributed by atoms with Gasteiger partial charge in [0.15, 0.2) is 0 Å². The number of nitrogens with zero attached hydrogens (tertiary/aromatic N) is 3. The van der Waals surface area contributed by atoms with E-state index >= 15 is 0 Å². The van der Waals surface area contributed by atoms with Gasteiger partial charge < -0.3 is 29.6 Å². The molecule has 2 amide bonds. The standard InChI is InChI=1S/C24H30F5N5O7/c1-12(6-7-15(35)40-21-19(28)17(26)16(25)18(27)20(21)29)32-22(36)14(33-23(37)41-24(2,3)4)10-13(39-11-38-5)8-9-31-34-30/h6-7,12-14H,8-11H2,1-5H3,(H,32,36)(H,33,37)/b7-6+/t12-,13+,14-/m0/s1. The molecule has 0 saturated heterocycles. The fourth-order valence-corrected chi connectivity index (χ4v) is 3.03. The van der Waals surface area contributed by atoms with Gasteiger partial charge in [0.1, 0.15) is 18.4 Å². The number of amides is 2. The summed E-state index contributed by atoms with van der Waals surface area (Å²) in [4.78, 5) is 40.0. The molecule has 0 radical (unpaired) electrons. The predicted octanol–water partition coefficient (Wildman–Crippen LogP) is 4.32. The van der Waals surface area contributed by atoms with Gasteiger partial charge in [0, 0.05) is 37.1 Å². The quantitative estimate of drug-likeness (QED) is 0.0309. The van der Waals surface area contributed by atoms with E-state index in [-0.39, 0.29) is 26.2 Å². The lowest BCUT2D eigenvalue weighted by Crippen LogP contribution is -2.51. The van der Waals surface area contributed by atoms with Crippen LogP contribution in [0.15, 0.2) is 17.3 Å². The number of hydrogen-bond donors (Lipinski definition) is 2. The Balaban J connectivity index is 3.02. The maximum Gasteiger partial charge on any atom is 0.408 e. The van der Waals surface area contributed by atoms with Crippen molar-refractivity contribution in [3.8, 4) is 5.75 Å².